The number of rotatable bonds is 3. The first-order chi connectivity index (χ1) is 10.1. The molecule has 0 bridgehead atoms. The smallest absolute Gasteiger partial charge is 0.313 e. The molecule has 0 amide bonds. The van der Waals surface area contributed by atoms with Crippen molar-refractivity contribution >= 4 is 6.01 Å². The molecule has 0 radical (unpaired) electrons. The molecule has 6 heteroatoms. The number of hydrogen-bond donors (Lipinski definition) is 2. The first kappa shape index (κ1) is 13.0. The van der Waals surface area contributed by atoms with Gasteiger partial charge in [-0.25, -0.2) is 0 Å². The summed E-state index contributed by atoms with van der Waals surface area (Å²) in [5.41, 5.74) is 7.08. The van der Waals surface area contributed by atoms with Crippen molar-refractivity contribution in [3.8, 4) is 28.7 Å². The van der Waals surface area contributed by atoms with Crippen LogP contribution in [0.15, 0.2) is 46.9 Å². The molecule has 3 N–H and O–H groups in total. The first-order valence-electron chi connectivity index (χ1n) is 6.29. The Balaban J connectivity index is 1.81. The number of nitrogen functional groups attached to an aromatic ring is 1. The number of phenols is 1. The van der Waals surface area contributed by atoms with Gasteiger partial charge in [0.25, 0.3) is 0 Å². The van der Waals surface area contributed by atoms with E-state index in [0.717, 1.165) is 11.1 Å². The minimum Gasteiger partial charge on any atom is -0.504 e. The molecule has 0 fully saturated rings. The van der Waals surface area contributed by atoms with Crippen molar-refractivity contribution in [3.63, 3.8) is 0 Å². The van der Waals surface area contributed by atoms with Crippen molar-refractivity contribution in [2.45, 2.75) is 6.92 Å². The third-order valence-electron chi connectivity index (χ3n) is 2.88. The normalized spacial score (nSPS) is 10.5. The highest BCUT2D eigenvalue weighted by molar-refractivity contribution is 5.55. The van der Waals surface area contributed by atoms with Gasteiger partial charge in [0.05, 0.1) is 0 Å². The summed E-state index contributed by atoms with van der Waals surface area (Å²) in [5.74, 6) is 1.43. The van der Waals surface area contributed by atoms with Gasteiger partial charge in [0.15, 0.2) is 11.5 Å². The van der Waals surface area contributed by atoms with Crippen LogP contribution in [0.4, 0.5) is 6.01 Å². The molecule has 6 nitrogen and oxygen atoms in total. The number of nitrogens with zero attached hydrogens (tertiary/aromatic N) is 2. The average molecular weight is 283 g/mol. The molecule has 0 spiro atoms. The van der Waals surface area contributed by atoms with Crippen LogP contribution in [0.5, 0.6) is 17.2 Å². The third kappa shape index (κ3) is 2.79. The largest absolute Gasteiger partial charge is 0.504 e. The van der Waals surface area contributed by atoms with E-state index in [4.69, 9.17) is 14.9 Å². The van der Waals surface area contributed by atoms with E-state index in [1.807, 2.05) is 13.0 Å². The zero-order valence-corrected chi connectivity index (χ0v) is 11.3. The van der Waals surface area contributed by atoms with Gasteiger partial charge in [0.2, 0.25) is 5.89 Å². The number of benzene rings is 2. The lowest BCUT2D eigenvalue weighted by Crippen LogP contribution is -1.86. The van der Waals surface area contributed by atoms with E-state index in [1.54, 1.807) is 36.4 Å². The Bertz CT molecular complexity index is 766. The summed E-state index contributed by atoms with van der Waals surface area (Å²) in [4.78, 5) is 0. The van der Waals surface area contributed by atoms with Gasteiger partial charge in [-0.3, -0.25) is 0 Å². The maximum absolute atomic E-state index is 9.82. The first-order valence-corrected chi connectivity index (χ1v) is 6.29. The summed E-state index contributed by atoms with van der Waals surface area (Å²) >= 11 is 0. The summed E-state index contributed by atoms with van der Waals surface area (Å²) in [6, 6.07) is 12.3. The quantitative estimate of drug-likeness (QED) is 0.766. The third-order valence-corrected chi connectivity index (χ3v) is 2.88. The zero-order chi connectivity index (χ0) is 14.8. The Hall–Kier alpha value is -3.02. The van der Waals surface area contributed by atoms with Crippen LogP contribution in [0, 0.1) is 6.92 Å². The minimum absolute atomic E-state index is 0.0231. The van der Waals surface area contributed by atoms with Crippen LogP contribution < -0.4 is 10.5 Å². The van der Waals surface area contributed by atoms with Gasteiger partial charge in [-0.15, -0.1) is 5.10 Å². The van der Waals surface area contributed by atoms with E-state index in [9.17, 15) is 5.11 Å². The monoisotopic (exact) mass is 283 g/mol. The number of nitrogens with two attached hydrogens (primary N) is 1. The Labute approximate surface area is 120 Å². The summed E-state index contributed by atoms with van der Waals surface area (Å²) in [7, 11) is 0. The van der Waals surface area contributed by atoms with Crippen LogP contribution in [0.3, 0.4) is 0 Å². The Kier molecular flexibility index (Phi) is 3.19. The van der Waals surface area contributed by atoms with Gasteiger partial charge in [-0.05, 0) is 48.9 Å². The molecule has 0 aliphatic heterocycles. The number of aryl methyl sites for hydroxylation is 1. The molecule has 3 aromatic rings. The predicted molar refractivity (Wildman–Crippen MR) is 77.1 cm³/mol. The standard InChI is InChI=1S/C15H13N3O3/c1-9-2-7-13(12(19)8-9)20-11-5-3-10(4-6-11)14-17-18-15(16)21-14/h2-8,19H,1H3,(H2,16,18). The fourth-order valence-corrected chi connectivity index (χ4v) is 1.86. The second-order valence-corrected chi connectivity index (χ2v) is 4.54. The molecule has 0 aliphatic rings. The van der Waals surface area contributed by atoms with E-state index in [0.29, 0.717) is 17.4 Å². The Morgan fingerprint density at radius 3 is 2.48 bits per heavy atom. The number of aromatic nitrogens is 2. The van der Waals surface area contributed by atoms with Crippen molar-refractivity contribution in [3.05, 3.63) is 48.0 Å². The van der Waals surface area contributed by atoms with Gasteiger partial charge in [0.1, 0.15) is 5.75 Å². The fraction of sp³-hybridized carbons (Fsp3) is 0.0667. The number of ether oxygens (including phenoxy) is 1. The van der Waals surface area contributed by atoms with Crippen molar-refractivity contribution in [1.82, 2.24) is 10.2 Å². The highest BCUT2D eigenvalue weighted by Crippen LogP contribution is 2.32. The van der Waals surface area contributed by atoms with E-state index in [1.165, 1.54) is 0 Å². The topological polar surface area (TPSA) is 94.4 Å². The van der Waals surface area contributed by atoms with Crippen LogP contribution in [-0.2, 0) is 0 Å². The Morgan fingerprint density at radius 1 is 1.10 bits per heavy atom. The Morgan fingerprint density at radius 2 is 1.86 bits per heavy atom. The van der Waals surface area contributed by atoms with Gasteiger partial charge in [-0.1, -0.05) is 11.2 Å². The summed E-state index contributed by atoms with van der Waals surface area (Å²) < 4.78 is 10.8. The second kappa shape index (κ2) is 5.16. The van der Waals surface area contributed by atoms with E-state index >= 15 is 0 Å². The maximum Gasteiger partial charge on any atom is 0.313 e. The van der Waals surface area contributed by atoms with Gasteiger partial charge in [0, 0.05) is 5.56 Å². The lowest BCUT2D eigenvalue weighted by molar-refractivity contribution is 0.411. The number of anilines is 1. The molecule has 0 saturated carbocycles. The number of phenolic OH excluding ortho intramolecular Hbond substituents is 1. The molecule has 106 valence electrons. The van der Waals surface area contributed by atoms with Crippen molar-refractivity contribution in [2.24, 2.45) is 0 Å². The summed E-state index contributed by atoms with van der Waals surface area (Å²) in [6.45, 7) is 1.90. The van der Waals surface area contributed by atoms with Crippen molar-refractivity contribution < 1.29 is 14.3 Å². The average Bonchev–Trinajstić information content (AvgIpc) is 2.89. The molecule has 0 unspecified atom stereocenters. The predicted octanol–water partition coefficient (Wildman–Crippen LogP) is 3.13. The van der Waals surface area contributed by atoms with Crippen LogP contribution in [0.25, 0.3) is 11.5 Å². The molecule has 21 heavy (non-hydrogen) atoms. The molecule has 1 aromatic heterocycles. The molecule has 0 aliphatic carbocycles. The maximum atomic E-state index is 9.82. The van der Waals surface area contributed by atoms with Crippen LogP contribution in [0.1, 0.15) is 5.56 Å². The van der Waals surface area contributed by atoms with E-state index in [-0.39, 0.29) is 11.8 Å². The van der Waals surface area contributed by atoms with Crippen LogP contribution in [-0.4, -0.2) is 15.3 Å². The van der Waals surface area contributed by atoms with Gasteiger partial charge < -0.3 is 20.0 Å². The van der Waals surface area contributed by atoms with Crippen LogP contribution >= 0.6 is 0 Å². The molecule has 0 saturated heterocycles. The number of aromatic hydroxyl groups is 1. The highest BCUT2D eigenvalue weighted by Gasteiger charge is 2.08. The van der Waals surface area contributed by atoms with Crippen molar-refractivity contribution in [2.75, 3.05) is 5.73 Å². The lowest BCUT2D eigenvalue weighted by Gasteiger charge is -2.08. The van der Waals surface area contributed by atoms with Gasteiger partial charge >= 0.3 is 6.01 Å². The zero-order valence-electron chi connectivity index (χ0n) is 11.3. The molecular weight excluding hydrogens is 270 g/mol. The van der Waals surface area contributed by atoms with Gasteiger partial charge in [-0.2, -0.15) is 0 Å². The summed E-state index contributed by atoms with van der Waals surface area (Å²) in [6.07, 6.45) is 0. The molecule has 1 heterocycles. The van der Waals surface area contributed by atoms with Crippen molar-refractivity contribution in [1.29, 1.82) is 0 Å². The number of hydrogen-bond acceptors (Lipinski definition) is 6. The molecule has 2 aromatic carbocycles. The minimum atomic E-state index is 0.0231. The lowest BCUT2D eigenvalue weighted by atomic mass is 10.2. The summed E-state index contributed by atoms with van der Waals surface area (Å²) in [5, 5.41) is 17.2. The van der Waals surface area contributed by atoms with E-state index in [2.05, 4.69) is 10.2 Å². The SMILES string of the molecule is Cc1ccc(Oc2ccc(-c3nnc(N)o3)cc2)c(O)c1. The molecular formula is C15H13N3O3. The second-order valence-electron chi connectivity index (χ2n) is 4.54. The van der Waals surface area contributed by atoms with Crippen LogP contribution in [0.2, 0.25) is 0 Å². The molecule has 0 atom stereocenters. The highest BCUT2D eigenvalue weighted by atomic mass is 16.5. The van der Waals surface area contributed by atoms with E-state index < -0.39 is 0 Å². The fourth-order valence-electron chi connectivity index (χ4n) is 1.86. The molecule has 3 rings (SSSR count).